The lowest BCUT2D eigenvalue weighted by atomic mass is 9.99. The Kier molecular flexibility index (Phi) is 7.47. The minimum Gasteiger partial charge on any atom is -0.493 e. The summed E-state index contributed by atoms with van der Waals surface area (Å²) < 4.78 is 46.3. The van der Waals surface area contributed by atoms with Gasteiger partial charge < -0.3 is 18.9 Å². The van der Waals surface area contributed by atoms with Crippen molar-refractivity contribution in [3.8, 4) is 17.2 Å². The molecule has 0 aliphatic carbocycles. The molecular weight excluding hydrogens is 450 g/mol. The van der Waals surface area contributed by atoms with Crippen LogP contribution in [-0.4, -0.2) is 60.9 Å². The third kappa shape index (κ3) is 5.57. The van der Waals surface area contributed by atoms with Crippen LogP contribution >= 0.6 is 0 Å². The molecule has 1 aliphatic rings. The quantitative estimate of drug-likeness (QED) is 0.400. The van der Waals surface area contributed by atoms with Crippen LogP contribution in [0, 0.1) is 0 Å². The van der Waals surface area contributed by atoms with Crippen molar-refractivity contribution in [1.82, 2.24) is 0 Å². The Labute approximate surface area is 193 Å². The predicted octanol–water partition coefficient (Wildman–Crippen LogP) is 2.39. The van der Waals surface area contributed by atoms with Crippen molar-refractivity contribution >= 4 is 27.5 Å². The molecule has 0 fully saturated rings. The van der Waals surface area contributed by atoms with Crippen LogP contribution in [0.25, 0.3) is 0 Å². The minimum atomic E-state index is -3.38. The lowest BCUT2D eigenvalue weighted by Gasteiger charge is -2.29. The molecule has 0 atom stereocenters. The summed E-state index contributed by atoms with van der Waals surface area (Å²) >= 11 is 0. The van der Waals surface area contributed by atoms with E-state index in [1.54, 1.807) is 30.3 Å². The van der Waals surface area contributed by atoms with Gasteiger partial charge in [-0.2, -0.15) is 0 Å². The van der Waals surface area contributed by atoms with E-state index in [1.807, 2.05) is 0 Å². The summed E-state index contributed by atoms with van der Waals surface area (Å²) in [6.07, 6.45) is 2.41. The van der Waals surface area contributed by atoms with Gasteiger partial charge in [0.25, 0.3) is 0 Å². The number of esters is 1. The van der Waals surface area contributed by atoms with Crippen molar-refractivity contribution < 1.29 is 37.0 Å². The number of sulfonamides is 1. The molecule has 9 nitrogen and oxygen atoms in total. The Morgan fingerprint density at radius 2 is 1.67 bits per heavy atom. The normalized spacial score (nSPS) is 13.2. The summed E-state index contributed by atoms with van der Waals surface area (Å²) in [6, 6.07) is 8.13. The Morgan fingerprint density at radius 1 is 1.00 bits per heavy atom. The molecule has 33 heavy (non-hydrogen) atoms. The number of nitrogens with zero attached hydrogens (tertiary/aromatic N) is 1. The number of aryl methyl sites for hydroxylation is 1. The number of carbonyl (C=O) groups is 2. The molecule has 0 saturated heterocycles. The van der Waals surface area contributed by atoms with Gasteiger partial charge in [0.15, 0.2) is 23.9 Å². The highest BCUT2D eigenvalue weighted by Crippen LogP contribution is 2.38. The zero-order chi connectivity index (χ0) is 24.2. The van der Waals surface area contributed by atoms with Crippen molar-refractivity contribution in [2.75, 3.05) is 45.0 Å². The van der Waals surface area contributed by atoms with Crippen LogP contribution in [0.5, 0.6) is 17.2 Å². The maximum atomic E-state index is 12.6. The van der Waals surface area contributed by atoms with Crippen LogP contribution in [0.3, 0.4) is 0 Å². The molecule has 3 rings (SSSR count). The molecule has 0 N–H and O–H groups in total. The lowest BCUT2D eigenvalue weighted by Crippen LogP contribution is -2.34. The van der Waals surface area contributed by atoms with Gasteiger partial charge in [-0.25, -0.2) is 8.42 Å². The largest absolute Gasteiger partial charge is 0.493 e. The highest BCUT2D eigenvalue weighted by molar-refractivity contribution is 7.92. The van der Waals surface area contributed by atoms with Crippen LogP contribution in [-0.2, 0) is 32.4 Å². The number of anilines is 1. The van der Waals surface area contributed by atoms with Crippen LogP contribution in [0.2, 0.25) is 0 Å². The summed E-state index contributed by atoms with van der Waals surface area (Å²) in [6.45, 7) is -0.00446. The molecule has 0 unspecified atom stereocenters. The summed E-state index contributed by atoms with van der Waals surface area (Å²) in [5.41, 5.74) is 2.31. The van der Waals surface area contributed by atoms with Gasteiger partial charge in [-0.15, -0.1) is 0 Å². The van der Waals surface area contributed by atoms with Gasteiger partial charge in [0.05, 0.1) is 39.7 Å². The summed E-state index contributed by atoms with van der Waals surface area (Å²) in [7, 11) is 1.06. The maximum Gasteiger partial charge on any atom is 0.310 e. The summed E-state index contributed by atoms with van der Waals surface area (Å²) in [5, 5.41) is 0. The van der Waals surface area contributed by atoms with Gasteiger partial charge >= 0.3 is 5.97 Å². The number of methoxy groups -OCH3 is 3. The van der Waals surface area contributed by atoms with Crippen LogP contribution < -0.4 is 18.5 Å². The van der Waals surface area contributed by atoms with E-state index in [2.05, 4.69) is 0 Å². The first-order valence-corrected chi connectivity index (χ1v) is 12.1. The molecule has 2 aromatic carbocycles. The first-order chi connectivity index (χ1) is 15.7. The number of carbonyl (C=O) groups excluding carboxylic acids is 2. The standard InChI is InChI=1S/C23H27NO8S/c1-29-20-10-15(11-21(30-2)23(20)31-3)12-22(26)32-14-19(25)17-7-8-18-16(13-17)6-5-9-24(18)33(4,27)28/h7-8,10-11,13H,5-6,9,12,14H2,1-4H3. The fourth-order valence-electron chi connectivity index (χ4n) is 3.77. The first-order valence-electron chi connectivity index (χ1n) is 10.3. The number of ether oxygens (including phenoxy) is 4. The van der Waals surface area contributed by atoms with E-state index in [0.29, 0.717) is 53.4 Å². The second-order valence-corrected chi connectivity index (χ2v) is 9.48. The van der Waals surface area contributed by atoms with Crippen molar-refractivity contribution in [3.05, 3.63) is 47.0 Å². The first kappa shape index (κ1) is 24.4. The van der Waals surface area contributed by atoms with Gasteiger partial charge in [-0.05, 0) is 54.3 Å². The maximum absolute atomic E-state index is 12.6. The van der Waals surface area contributed by atoms with Gasteiger partial charge in [0.1, 0.15) is 0 Å². The molecule has 0 saturated carbocycles. The minimum absolute atomic E-state index is 0.0858. The number of rotatable bonds is 9. The molecule has 0 amide bonds. The monoisotopic (exact) mass is 477 g/mol. The third-order valence-electron chi connectivity index (χ3n) is 5.32. The average molecular weight is 478 g/mol. The molecule has 1 aliphatic heterocycles. The summed E-state index contributed by atoms with van der Waals surface area (Å²) in [4.78, 5) is 24.9. The third-order valence-corrected chi connectivity index (χ3v) is 6.49. The van der Waals surface area contributed by atoms with E-state index < -0.39 is 22.6 Å². The zero-order valence-corrected chi connectivity index (χ0v) is 19.9. The Hall–Kier alpha value is -3.27. The smallest absolute Gasteiger partial charge is 0.310 e. The highest BCUT2D eigenvalue weighted by Gasteiger charge is 2.25. The second-order valence-electron chi connectivity index (χ2n) is 7.58. The Bertz CT molecular complexity index is 1130. The number of fused-ring (bicyclic) bond motifs is 1. The van der Waals surface area contributed by atoms with Crippen molar-refractivity contribution in [2.45, 2.75) is 19.3 Å². The van der Waals surface area contributed by atoms with E-state index in [9.17, 15) is 18.0 Å². The SMILES string of the molecule is COc1cc(CC(=O)OCC(=O)c2ccc3c(c2)CCCN3S(C)(=O)=O)cc(OC)c1OC. The lowest BCUT2D eigenvalue weighted by molar-refractivity contribution is -0.141. The van der Waals surface area contributed by atoms with Crippen LogP contribution in [0.4, 0.5) is 5.69 Å². The Balaban J connectivity index is 1.66. The number of Topliss-reactive ketones (excluding diaryl/α,β-unsaturated/α-hetero) is 1. The highest BCUT2D eigenvalue weighted by atomic mass is 32.2. The molecule has 0 bridgehead atoms. The molecular formula is C23H27NO8S. The second kappa shape index (κ2) is 10.1. The van der Waals surface area contributed by atoms with Gasteiger partial charge in [-0.1, -0.05) is 0 Å². The van der Waals surface area contributed by atoms with Crippen LogP contribution in [0.15, 0.2) is 30.3 Å². The topological polar surface area (TPSA) is 108 Å². The van der Waals surface area contributed by atoms with Gasteiger partial charge in [0, 0.05) is 12.1 Å². The van der Waals surface area contributed by atoms with E-state index in [4.69, 9.17) is 18.9 Å². The number of benzene rings is 2. The van der Waals surface area contributed by atoms with Crippen molar-refractivity contribution in [1.29, 1.82) is 0 Å². The Morgan fingerprint density at radius 3 is 2.24 bits per heavy atom. The predicted molar refractivity (Wildman–Crippen MR) is 122 cm³/mol. The number of ketones is 1. The molecule has 1 heterocycles. The number of hydrogen-bond acceptors (Lipinski definition) is 8. The number of hydrogen-bond donors (Lipinski definition) is 0. The van der Waals surface area contributed by atoms with Crippen LogP contribution in [0.1, 0.15) is 27.9 Å². The molecule has 10 heteroatoms. The average Bonchev–Trinajstić information content (AvgIpc) is 2.80. The van der Waals surface area contributed by atoms with Gasteiger partial charge in [-0.3, -0.25) is 13.9 Å². The molecule has 0 radical (unpaired) electrons. The fourth-order valence-corrected chi connectivity index (χ4v) is 4.76. The summed E-state index contributed by atoms with van der Waals surface area (Å²) in [5.74, 6) is 0.279. The van der Waals surface area contributed by atoms with E-state index in [-0.39, 0.29) is 12.2 Å². The molecule has 0 spiro atoms. The molecule has 178 valence electrons. The molecule has 0 aromatic heterocycles. The van der Waals surface area contributed by atoms with Gasteiger partial charge in [0.2, 0.25) is 15.8 Å². The molecule has 2 aromatic rings. The van der Waals surface area contributed by atoms with E-state index in [0.717, 1.165) is 11.8 Å². The van der Waals surface area contributed by atoms with E-state index >= 15 is 0 Å². The fraction of sp³-hybridized carbons (Fsp3) is 0.391. The zero-order valence-electron chi connectivity index (χ0n) is 19.0. The van der Waals surface area contributed by atoms with E-state index in [1.165, 1.54) is 25.6 Å². The van der Waals surface area contributed by atoms with Crippen molar-refractivity contribution in [2.24, 2.45) is 0 Å². The van der Waals surface area contributed by atoms with Crippen molar-refractivity contribution in [3.63, 3.8) is 0 Å².